The molecule has 160 valence electrons. The number of aryl methyl sites for hydroxylation is 3. The van der Waals surface area contributed by atoms with Crippen LogP contribution in [-0.2, 0) is 18.3 Å². The molecule has 1 aliphatic rings. The Balaban J connectivity index is 1.46. The van der Waals surface area contributed by atoms with Crippen LogP contribution < -0.4 is 5.32 Å². The van der Waals surface area contributed by atoms with E-state index in [4.69, 9.17) is 0 Å². The van der Waals surface area contributed by atoms with Crippen LogP contribution in [0.5, 0.6) is 0 Å². The maximum atomic E-state index is 13.1. The average molecular weight is 419 g/mol. The van der Waals surface area contributed by atoms with Crippen LogP contribution in [0.4, 0.5) is 0 Å². The number of hydrogen-bond donors (Lipinski definition) is 1. The molecule has 31 heavy (non-hydrogen) atoms. The highest BCUT2D eigenvalue weighted by Crippen LogP contribution is 2.21. The number of aromatic nitrogens is 4. The van der Waals surface area contributed by atoms with Gasteiger partial charge >= 0.3 is 0 Å². The van der Waals surface area contributed by atoms with Gasteiger partial charge in [0.1, 0.15) is 0 Å². The van der Waals surface area contributed by atoms with Crippen molar-refractivity contribution in [2.75, 3.05) is 13.1 Å². The fourth-order valence-corrected chi connectivity index (χ4v) is 3.95. The lowest BCUT2D eigenvalue weighted by molar-refractivity contribution is -0.122. The molecule has 0 radical (unpaired) electrons. The van der Waals surface area contributed by atoms with Crippen LogP contribution in [0.15, 0.2) is 42.7 Å². The zero-order valence-electron chi connectivity index (χ0n) is 18.0. The summed E-state index contributed by atoms with van der Waals surface area (Å²) in [6.07, 6.45) is 4.90. The van der Waals surface area contributed by atoms with Gasteiger partial charge in [-0.15, -0.1) is 0 Å². The van der Waals surface area contributed by atoms with Crippen molar-refractivity contribution >= 4 is 11.8 Å². The summed E-state index contributed by atoms with van der Waals surface area (Å²) in [4.78, 5) is 36.4. The van der Waals surface area contributed by atoms with E-state index in [1.165, 1.54) is 0 Å². The van der Waals surface area contributed by atoms with Crippen LogP contribution in [0.25, 0.3) is 11.4 Å². The van der Waals surface area contributed by atoms with E-state index in [0.29, 0.717) is 24.4 Å². The van der Waals surface area contributed by atoms with E-state index in [0.717, 1.165) is 28.9 Å². The van der Waals surface area contributed by atoms with Crippen molar-refractivity contribution < 1.29 is 9.59 Å². The van der Waals surface area contributed by atoms with Gasteiger partial charge in [-0.1, -0.05) is 30.3 Å². The standard InChI is InChI=1S/C23H26N6O2/c1-15(19-13-28(3)27-16(19)2)25-21(30)14-29-11-7-10-20-18(23(29)31)12-24-22(26-20)17-8-5-4-6-9-17/h4-6,8-9,12-13,15H,7,10-11,14H2,1-3H3,(H,25,30). The fourth-order valence-electron chi connectivity index (χ4n) is 3.95. The first-order chi connectivity index (χ1) is 14.9. The molecular formula is C23H26N6O2. The number of nitrogens with one attached hydrogen (secondary N) is 1. The predicted molar refractivity (Wildman–Crippen MR) is 116 cm³/mol. The minimum atomic E-state index is -0.201. The normalized spacial score (nSPS) is 14.7. The summed E-state index contributed by atoms with van der Waals surface area (Å²) in [7, 11) is 1.85. The van der Waals surface area contributed by atoms with E-state index >= 15 is 0 Å². The number of carbonyl (C=O) groups is 2. The van der Waals surface area contributed by atoms with Gasteiger partial charge in [-0.2, -0.15) is 5.10 Å². The lowest BCUT2D eigenvalue weighted by atomic mass is 10.1. The lowest BCUT2D eigenvalue weighted by Crippen LogP contribution is -2.41. The third kappa shape index (κ3) is 4.47. The third-order valence-electron chi connectivity index (χ3n) is 5.49. The topological polar surface area (TPSA) is 93.0 Å². The highest BCUT2D eigenvalue weighted by Gasteiger charge is 2.26. The number of hydrogen-bond acceptors (Lipinski definition) is 5. The molecule has 0 saturated heterocycles. The molecule has 1 aromatic carbocycles. The van der Waals surface area contributed by atoms with E-state index in [9.17, 15) is 9.59 Å². The van der Waals surface area contributed by atoms with E-state index < -0.39 is 0 Å². The molecular weight excluding hydrogens is 392 g/mol. The quantitative estimate of drug-likeness (QED) is 0.687. The van der Waals surface area contributed by atoms with Gasteiger partial charge in [0.05, 0.1) is 29.5 Å². The second kappa shape index (κ2) is 8.67. The number of carbonyl (C=O) groups excluding carboxylic acids is 2. The minimum Gasteiger partial charge on any atom is -0.348 e. The van der Waals surface area contributed by atoms with Crippen LogP contribution in [0, 0.1) is 6.92 Å². The summed E-state index contributed by atoms with van der Waals surface area (Å²) >= 11 is 0. The monoisotopic (exact) mass is 418 g/mol. The van der Waals surface area contributed by atoms with Crippen LogP contribution in [0.2, 0.25) is 0 Å². The molecule has 1 atom stereocenters. The molecule has 1 aliphatic heterocycles. The zero-order chi connectivity index (χ0) is 22.0. The van der Waals surface area contributed by atoms with Gasteiger partial charge in [0.2, 0.25) is 5.91 Å². The van der Waals surface area contributed by atoms with Gasteiger partial charge in [-0.3, -0.25) is 14.3 Å². The van der Waals surface area contributed by atoms with Gasteiger partial charge in [0.15, 0.2) is 5.82 Å². The summed E-state index contributed by atoms with van der Waals surface area (Å²) in [6, 6.07) is 9.51. The highest BCUT2D eigenvalue weighted by atomic mass is 16.2. The Hall–Kier alpha value is -3.55. The van der Waals surface area contributed by atoms with Crippen molar-refractivity contribution in [2.45, 2.75) is 32.7 Å². The van der Waals surface area contributed by atoms with E-state index in [2.05, 4.69) is 20.4 Å². The summed E-state index contributed by atoms with van der Waals surface area (Å²) < 4.78 is 1.73. The largest absolute Gasteiger partial charge is 0.348 e. The predicted octanol–water partition coefficient (Wildman–Crippen LogP) is 2.45. The maximum Gasteiger partial charge on any atom is 0.257 e. The molecule has 0 spiro atoms. The summed E-state index contributed by atoms with van der Waals surface area (Å²) in [6.45, 7) is 4.34. The first-order valence-corrected chi connectivity index (χ1v) is 10.4. The van der Waals surface area contributed by atoms with Gasteiger partial charge in [0.25, 0.3) is 5.91 Å². The molecule has 1 unspecified atom stereocenters. The molecule has 0 bridgehead atoms. The fraction of sp³-hybridized carbons (Fsp3) is 0.348. The Morgan fingerprint density at radius 2 is 2.03 bits per heavy atom. The van der Waals surface area contributed by atoms with Crippen molar-refractivity contribution in [3.05, 3.63) is 65.2 Å². The van der Waals surface area contributed by atoms with Crippen LogP contribution >= 0.6 is 0 Å². The first kappa shape index (κ1) is 20.7. The Morgan fingerprint density at radius 1 is 1.26 bits per heavy atom. The second-order valence-corrected chi connectivity index (χ2v) is 7.88. The van der Waals surface area contributed by atoms with Gasteiger partial charge < -0.3 is 10.2 Å². The third-order valence-corrected chi connectivity index (χ3v) is 5.49. The van der Waals surface area contributed by atoms with Crippen LogP contribution in [-0.4, -0.2) is 49.6 Å². The summed E-state index contributed by atoms with van der Waals surface area (Å²) in [5.74, 6) is 0.209. The molecule has 8 heteroatoms. The number of benzene rings is 1. The molecule has 4 rings (SSSR count). The SMILES string of the molecule is Cc1nn(C)cc1C(C)NC(=O)CN1CCCc2nc(-c3ccccc3)ncc2C1=O. The molecule has 2 amide bonds. The van der Waals surface area contributed by atoms with Crippen molar-refractivity contribution in [1.29, 1.82) is 0 Å². The Labute approximate surface area is 181 Å². The smallest absolute Gasteiger partial charge is 0.257 e. The summed E-state index contributed by atoms with van der Waals surface area (Å²) in [5.41, 5.74) is 3.96. The number of fused-ring (bicyclic) bond motifs is 1. The highest BCUT2D eigenvalue weighted by molar-refractivity contribution is 5.97. The van der Waals surface area contributed by atoms with Crippen molar-refractivity contribution in [1.82, 2.24) is 30.0 Å². The lowest BCUT2D eigenvalue weighted by Gasteiger charge is -2.22. The molecule has 0 fully saturated rings. The molecule has 0 aliphatic carbocycles. The molecule has 3 heterocycles. The van der Waals surface area contributed by atoms with Gasteiger partial charge in [-0.25, -0.2) is 9.97 Å². The molecule has 8 nitrogen and oxygen atoms in total. The summed E-state index contributed by atoms with van der Waals surface area (Å²) in [5, 5.41) is 7.30. The van der Waals surface area contributed by atoms with Gasteiger partial charge in [0, 0.05) is 37.1 Å². The molecule has 1 N–H and O–H groups in total. The Morgan fingerprint density at radius 3 is 2.74 bits per heavy atom. The average Bonchev–Trinajstić information content (AvgIpc) is 3.03. The van der Waals surface area contributed by atoms with Gasteiger partial charge in [-0.05, 0) is 26.7 Å². The van der Waals surface area contributed by atoms with Crippen molar-refractivity contribution in [3.8, 4) is 11.4 Å². The van der Waals surface area contributed by atoms with E-state index in [-0.39, 0.29) is 24.4 Å². The molecule has 3 aromatic rings. The molecule has 2 aromatic heterocycles. The number of amides is 2. The van der Waals surface area contributed by atoms with Crippen molar-refractivity contribution in [3.63, 3.8) is 0 Å². The number of nitrogens with zero attached hydrogens (tertiary/aromatic N) is 5. The van der Waals surface area contributed by atoms with E-state index in [1.54, 1.807) is 15.8 Å². The number of rotatable bonds is 5. The Bertz CT molecular complexity index is 1110. The van der Waals surface area contributed by atoms with Crippen LogP contribution in [0.3, 0.4) is 0 Å². The maximum absolute atomic E-state index is 13.1. The van der Waals surface area contributed by atoms with Crippen molar-refractivity contribution in [2.24, 2.45) is 7.05 Å². The van der Waals surface area contributed by atoms with E-state index in [1.807, 2.05) is 57.4 Å². The Kier molecular flexibility index (Phi) is 5.79. The first-order valence-electron chi connectivity index (χ1n) is 10.4. The van der Waals surface area contributed by atoms with Crippen LogP contribution in [0.1, 0.15) is 46.7 Å². The second-order valence-electron chi connectivity index (χ2n) is 7.88. The molecule has 0 saturated carbocycles. The minimum absolute atomic E-state index is 0.00234. The zero-order valence-corrected chi connectivity index (χ0v) is 18.0.